The van der Waals surface area contributed by atoms with Crippen molar-refractivity contribution in [3.63, 3.8) is 0 Å². The molecule has 136 valence electrons. The average molecular weight is 333 g/mol. The van der Waals surface area contributed by atoms with E-state index in [0.29, 0.717) is 12.5 Å². The zero-order chi connectivity index (χ0) is 18.4. The number of unbranched alkanes of at least 4 members (excludes halogenated alkanes) is 1. The maximum absolute atomic E-state index is 12.7. The van der Waals surface area contributed by atoms with Gasteiger partial charge in [0, 0.05) is 0 Å². The summed E-state index contributed by atoms with van der Waals surface area (Å²) in [6.45, 7) is 15.9. The molecule has 0 N–H and O–H groups in total. The highest BCUT2D eigenvalue weighted by Crippen LogP contribution is 2.44. The molecule has 1 rings (SSSR count). The van der Waals surface area contributed by atoms with Gasteiger partial charge < -0.3 is 4.74 Å². The lowest BCUT2D eigenvalue weighted by molar-refractivity contribution is -0.154. The molecule has 0 aliphatic carbocycles. The number of ether oxygens (including phenoxy) is 1. The molecule has 2 unspecified atom stereocenters. The fourth-order valence-corrected chi connectivity index (χ4v) is 3.06. The van der Waals surface area contributed by atoms with Crippen LogP contribution in [-0.4, -0.2) is 12.6 Å². The quantitative estimate of drug-likeness (QED) is 0.418. The minimum Gasteiger partial charge on any atom is -0.465 e. The van der Waals surface area contributed by atoms with E-state index in [1.54, 1.807) is 0 Å². The summed E-state index contributed by atoms with van der Waals surface area (Å²) >= 11 is 0. The van der Waals surface area contributed by atoms with Crippen LogP contribution in [0.3, 0.4) is 0 Å². The fraction of sp³-hybridized carbons (Fsp3) is 0.682. The lowest BCUT2D eigenvalue weighted by Gasteiger charge is -2.39. The molecule has 0 heterocycles. The number of hydrogen-bond donors (Lipinski definition) is 0. The second kappa shape index (κ2) is 8.69. The molecular weight excluding hydrogens is 296 g/mol. The van der Waals surface area contributed by atoms with Crippen LogP contribution in [0, 0.1) is 16.7 Å². The van der Waals surface area contributed by atoms with E-state index < -0.39 is 0 Å². The molecule has 1 aromatic carbocycles. The summed E-state index contributed by atoms with van der Waals surface area (Å²) in [4.78, 5) is 12.7. The van der Waals surface area contributed by atoms with Gasteiger partial charge in [-0.2, -0.15) is 0 Å². The molecule has 0 saturated heterocycles. The first-order valence-electron chi connectivity index (χ1n) is 9.31. The van der Waals surface area contributed by atoms with E-state index in [4.69, 9.17) is 4.74 Å². The van der Waals surface area contributed by atoms with Crippen molar-refractivity contribution in [1.29, 1.82) is 0 Å². The Hall–Kier alpha value is -1.31. The summed E-state index contributed by atoms with van der Waals surface area (Å²) in [5, 5.41) is 0. The van der Waals surface area contributed by atoms with Gasteiger partial charge >= 0.3 is 5.97 Å². The summed E-state index contributed by atoms with van der Waals surface area (Å²) in [6.07, 6.45) is 2.81. The van der Waals surface area contributed by atoms with Gasteiger partial charge in [-0.1, -0.05) is 85.2 Å². The maximum atomic E-state index is 12.7. The summed E-state index contributed by atoms with van der Waals surface area (Å²) in [6, 6.07) is 10.6. The molecule has 1 aromatic rings. The van der Waals surface area contributed by atoms with E-state index >= 15 is 0 Å². The molecular formula is C22H36O2. The lowest BCUT2D eigenvalue weighted by atomic mass is 9.66. The van der Waals surface area contributed by atoms with Crippen LogP contribution in [0.1, 0.15) is 79.2 Å². The highest BCUT2D eigenvalue weighted by molar-refractivity contribution is 5.73. The molecule has 0 radical (unpaired) electrons. The molecule has 2 atom stereocenters. The smallest absolute Gasteiger partial charge is 0.309 e. The van der Waals surface area contributed by atoms with Gasteiger partial charge in [-0.05, 0) is 35.2 Å². The van der Waals surface area contributed by atoms with Crippen LogP contribution in [0.4, 0.5) is 0 Å². The van der Waals surface area contributed by atoms with E-state index in [2.05, 4.69) is 72.7 Å². The molecule has 0 amide bonds. The zero-order valence-electron chi connectivity index (χ0n) is 16.7. The van der Waals surface area contributed by atoms with Crippen molar-refractivity contribution >= 4 is 5.97 Å². The minimum absolute atomic E-state index is 0.0169. The Morgan fingerprint density at radius 3 is 2.17 bits per heavy atom. The van der Waals surface area contributed by atoms with Gasteiger partial charge in [-0.25, -0.2) is 0 Å². The summed E-state index contributed by atoms with van der Waals surface area (Å²) in [5.74, 6) is 0.256. The fourth-order valence-electron chi connectivity index (χ4n) is 3.06. The average Bonchev–Trinajstić information content (AvgIpc) is 2.52. The van der Waals surface area contributed by atoms with Crippen LogP contribution in [-0.2, 0) is 9.53 Å². The first kappa shape index (κ1) is 20.7. The largest absolute Gasteiger partial charge is 0.465 e. The summed E-state index contributed by atoms with van der Waals surface area (Å²) < 4.78 is 5.56. The van der Waals surface area contributed by atoms with Crippen molar-refractivity contribution in [2.75, 3.05) is 6.61 Å². The number of esters is 1. The number of carbonyl (C=O) groups is 1. The van der Waals surface area contributed by atoms with E-state index in [-0.39, 0.29) is 22.7 Å². The molecule has 0 aliphatic heterocycles. The Morgan fingerprint density at radius 2 is 1.67 bits per heavy atom. The predicted octanol–water partition coefficient (Wildman–Crippen LogP) is 6.21. The van der Waals surface area contributed by atoms with E-state index in [1.807, 2.05) is 6.07 Å². The third kappa shape index (κ3) is 5.96. The van der Waals surface area contributed by atoms with Gasteiger partial charge in [0.15, 0.2) is 0 Å². The standard InChI is InChI=1S/C22H36O2/c1-8-9-15-24-20(23)19(21(3,4)5)16-22(6,7)17(2)18-13-11-10-12-14-18/h10-14,17,19H,8-9,15-16H2,1-7H3. The van der Waals surface area contributed by atoms with E-state index in [9.17, 15) is 4.79 Å². The normalized spacial score (nSPS) is 15.0. The van der Waals surface area contributed by atoms with Crippen LogP contribution in [0.15, 0.2) is 30.3 Å². The van der Waals surface area contributed by atoms with Crippen molar-refractivity contribution in [2.45, 2.75) is 73.6 Å². The van der Waals surface area contributed by atoms with Gasteiger partial charge in [0.1, 0.15) is 0 Å². The predicted molar refractivity (Wildman–Crippen MR) is 102 cm³/mol. The number of benzene rings is 1. The Bertz CT molecular complexity index is 496. The minimum atomic E-state index is -0.100. The zero-order valence-corrected chi connectivity index (χ0v) is 16.7. The molecule has 0 aliphatic rings. The number of carbonyl (C=O) groups excluding carboxylic acids is 1. The molecule has 0 aromatic heterocycles. The van der Waals surface area contributed by atoms with Crippen molar-refractivity contribution in [3.05, 3.63) is 35.9 Å². The maximum Gasteiger partial charge on any atom is 0.309 e. The van der Waals surface area contributed by atoms with Gasteiger partial charge in [-0.3, -0.25) is 4.79 Å². The van der Waals surface area contributed by atoms with Gasteiger partial charge in [0.05, 0.1) is 12.5 Å². The van der Waals surface area contributed by atoms with Crippen LogP contribution in [0.2, 0.25) is 0 Å². The second-order valence-corrected chi connectivity index (χ2v) is 8.76. The number of hydrogen-bond acceptors (Lipinski definition) is 2. The van der Waals surface area contributed by atoms with Gasteiger partial charge in [0.2, 0.25) is 0 Å². The molecule has 0 fully saturated rings. The van der Waals surface area contributed by atoms with Crippen LogP contribution in [0.25, 0.3) is 0 Å². The summed E-state index contributed by atoms with van der Waals surface area (Å²) in [5.41, 5.74) is 1.24. The Labute approximate surface area is 149 Å². The number of rotatable bonds is 8. The molecule has 2 nitrogen and oxygen atoms in total. The van der Waals surface area contributed by atoms with E-state index in [0.717, 1.165) is 19.3 Å². The molecule has 2 heteroatoms. The van der Waals surface area contributed by atoms with Crippen molar-refractivity contribution in [1.82, 2.24) is 0 Å². The van der Waals surface area contributed by atoms with Crippen LogP contribution in [0.5, 0.6) is 0 Å². The second-order valence-electron chi connectivity index (χ2n) is 8.76. The topological polar surface area (TPSA) is 26.3 Å². The molecule has 24 heavy (non-hydrogen) atoms. The Morgan fingerprint density at radius 1 is 1.08 bits per heavy atom. The van der Waals surface area contributed by atoms with Gasteiger partial charge in [-0.15, -0.1) is 0 Å². The third-order valence-electron chi connectivity index (χ3n) is 5.27. The molecule has 0 spiro atoms. The Kier molecular flexibility index (Phi) is 7.51. The SMILES string of the molecule is CCCCOC(=O)C(CC(C)(C)C(C)c1ccccc1)C(C)(C)C. The van der Waals surface area contributed by atoms with Crippen molar-refractivity contribution in [3.8, 4) is 0 Å². The first-order valence-corrected chi connectivity index (χ1v) is 9.31. The van der Waals surface area contributed by atoms with Crippen LogP contribution < -0.4 is 0 Å². The monoisotopic (exact) mass is 332 g/mol. The van der Waals surface area contributed by atoms with Crippen molar-refractivity contribution < 1.29 is 9.53 Å². The highest BCUT2D eigenvalue weighted by Gasteiger charge is 2.39. The Balaban J connectivity index is 2.90. The molecule has 0 bridgehead atoms. The first-order chi connectivity index (χ1) is 11.1. The van der Waals surface area contributed by atoms with Crippen molar-refractivity contribution in [2.24, 2.45) is 16.7 Å². The van der Waals surface area contributed by atoms with Crippen LogP contribution >= 0.6 is 0 Å². The summed E-state index contributed by atoms with van der Waals surface area (Å²) in [7, 11) is 0. The third-order valence-corrected chi connectivity index (χ3v) is 5.27. The molecule has 0 saturated carbocycles. The highest BCUT2D eigenvalue weighted by atomic mass is 16.5. The van der Waals surface area contributed by atoms with E-state index in [1.165, 1.54) is 5.56 Å². The van der Waals surface area contributed by atoms with Gasteiger partial charge in [0.25, 0.3) is 0 Å². The lowest BCUT2D eigenvalue weighted by Crippen LogP contribution is -2.36.